The van der Waals surface area contributed by atoms with Crippen molar-refractivity contribution in [2.45, 2.75) is 32.7 Å². The van der Waals surface area contributed by atoms with Gasteiger partial charge in [-0.05, 0) is 62.1 Å². The average molecular weight is 447 g/mol. The second-order valence-corrected chi connectivity index (χ2v) is 8.37. The van der Waals surface area contributed by atoms with E-state index in [2.05, 4.69) is 20.2 Å². The van der Waals surface area contributed by atoms with Crippen LogP contribution in [0.25, 0.3) is 0 Å². The van der Waals surface area contributed by atoms with Crippen LogP contribution in [0.3, 0.4) is 0 Å². The van der Waals surface area contributed by atoms with Gasteiger partial charge < -0.3 is 19.7 Å². The molecule has 2 aromatic carbocycles. The Morgan fingerprint density at radius 1 is 1.06 bits per heavy atom. The van der Waals surface area contributed by atoms with Gasteiger partial charge in [0.2, 0.25) is 5.91 Å². The van der Waals surface area contributed by atoms with E-state index in [4.69, 9.17) is 9.47 Å². The number of piperidine rings is 1. The molecule has 2 heterocycles. The number of nitrogens with one attached hydrogen (secondary N) is 1. The van der Waals surface area contributed by atoms with Gasteiger partial charge in [0.15, 0.2) is 5.82 Å². The average Bonchev–Trinajstić information content (AvgIpc) is 2.84. The van der Waals surface area contributed by atoms with Crippen LogP contribution in [0.15, 0.2) is 60.9 Å². The smallest absolute Gasteiger partial charge is 0.263 e. The van der Waals surface area contributed by atoms with E-state index in [0.29, 0.717) is 11.7 Å². The van der Waals surface area contributed by atoms with E-state index in [0.717, 1.165) is 48.6 Å². The first-order valence-corrected chi connectivity index (χ1v) is 11.3. The number of nitrogens with zero attached hydrogens (tertiary/aromatic N) is 3. The van der Waals surface area contributed by atoms with Crippen molar-refractivity contribution in [2.24, 2.45) is 5.92 Å². The Morgan fingerprint density at radius 2 is 1.79 bits per heavy atom. The van der Waals surface area contributed by atoms with Crippen LogP contribution in [-0.2, 0) is 4.79 Å². The van der Waals surface area contributed by atoms with Crippen molar-refractivity contribution in [3.63, 3.8) is 0 Å². The van der Waals surface area contributed by atoms with Gasteiger partial charge in [-0.1, -0.05) is 24.3 Å². The molecule has 0 saturated carbocycles. The third-order valence-corrected chi connectivity index (χ3v) is 5.99. The molecule has 1 aromatic heterocycles. The number of aryl methyl sites for hydroxylation is 1. The van der Waals surface area contributed by atoms with E-state index in [9.17, 15) is 4.79 Å². The lowest BCUT2D eigenvalue weighted by Gasteiger charge is -2.33. The summed E-state index contributed by atoms with van der Waals surface area (Å²) < 4.78 is 11.2. The molecular formula is C26H30N4O3. The molecule has 33 heavy (non-hydrogen) atoms. The topological polar surface area (TPSA) is 76.6 Å². The van der Waals surface area contributed by atoms with E-state index in [1.165, 1.54) is 0 Å². The molecular weight excluding hydrogens is 416 g/mol. The molecule has 1 aliphatic heterocycles. The van der Waals surface area contributed by atoms with Crippen LogP contribution in [0, 0.1) is 12.8 Å². The first kappa shape index (κ1) is 22.6. The van der Waals surface area contributed by atoms with Gasteiger partial charge in [0.05, 0.1) is 13.2 Å². The Labute approximate surface area is 194 Å². The van der Waals surface area contributed by atoms with E-state index >= 15 is 0 Å². The maximum absolute atomic E-state index is 12.9. The summed E-state index contributed by atoms with van der Waals surface area (Å²) in [6, 6.07) is 15.6. The number of amides is 1. The van der Waals surface area contributed by atoms with Gasteiger partial charge in [-0.25, -0.2) is 9.97 Å². The fourth-order valence-electron chi connectivity index (χ4n) is 4.06. The monoisotopic (exact) mass is 446 g/mol. The number of anilines is 1. The largest absolute Gasteiger partial charge is 0.497 e. The van der Waals surface area contributed by atoms with Crippen LogP contribution in [0.4, 0.5) is 5.82 Å². The third kappa shape index (κ3) is 5.61. The first-order valence-electron chi connectivity index (χ1n) is 11.3. The van der Waals surface area contributed by atoms with E-state index in [1.54, 1.807) is 19.5 Å². The lowest BCUT2D eigenvalue weighted by atomic mass is 9.95. The van der Waals surface area contributed by atoms with Gasteiger partial charge in [-0.2, -0.15) is 0 Å². The summed E-state index contributed by atoms with van der Waals surface area (Å²) in [6.07, 6.45) is 4.81. The predicted molar refractivity (Wildman–Crippen MR) is 128 cm³/mol. The summed E-state index contributed by atoms with van der Waals surface area (Å²) in [5.74, 6) is 2.80. The van der Waals surface area contributed by atoms with Crippen molar-refractivity contribution in [2.75, 3.05) is 25.1 Å². The second-order valence-electron chi connectivity index (χ2n) is 8.37. The zero-order chi connectivity index (χ0) is 23.2. The molecule has 7 heteroatoms. The standard InChI is InChI=1S/C26H30N4O3/c1-18-5-4-6-23(17-18)33-26-24(27-13-14-28-26)30-15-11-21(12-16-30)25(31)29-19(2)20-7-9-22(32-3)10-8-20/h4-10,13-14,17,19,21H,11-12,15-16H2,1-3H3,(H,29,31)/t19-/m0/s1. The molecule has 0 unspecified atom stereocenters. The summed E-state index contributed by atoms with van der Waals surface area (Å²) in [6.45, 7) is 5.47. The summed E-state index contributed by atoms with van der Waals surface area (Å²) in [5, 5.41) is 3.16. The third-order valence-electron chi connectivity index (χ3n) is 5.99. The number of rotatable bonds is 7. The Balaban J connectivity index is 1.35. The molecule has 0 radical (unpaired) electrons. The highest BCUT2D eigenvalue weighted by Gasteiger charge is 2.28. The van der Waals surface area contributed by atoms with Crippen molar-refractivity contribution in [1.82, 2.24) is 15.3 Å². The normalized spacial score (nSPS) is 15.1. The zero-order valence-electron chi connectivity index (χ0n) is 19.3. The van der Waals surface area contributed by atoms with Crippen LogP contribution in [0.1, 0.15) is 36.9 Å². The minimum Gasteiger partial charge on any atom is -0.497 e. The summed E-state index contributed by atoms with van der Waals surface area (Å²) >= 11 is 0. The van der Waals surface area contributed by atoms with Crippen molar-refractivity contribution in [1.29, 1.82) is 0 Å². The number of methoxy groups -OCH3 is 1. The molecule has 7 nitrogen and oxygen atoms in total. The van der Waals surface area contributed by atoms with Gasteiger partial charge in [-0.3, -0.25) is 4.79 Å². The SMILES string of the molecule is COc1ccc([C@H](C)NC(=O)C2CCN(c3nccnc3Oc3cccc(C)c3)CC2)cc1. The number of carbonyl (C=O) groups excluding carboxylic acids is 1. The minimum atomic E-state index is -0.0595. The number of hydrogen-bond acceptors (Lipinski definition) is 6. The fraction of sp³-hybridized carbons (Fsp3) is 0.346. The van der Waals surface area contributed by atoms with Crippen LogP contribution in [0.2, 0.25) is 0 Å². The second kappa shape index (κ2) is 10.3. The van der Waals surface area contributed by atoms with Crippen LogP contribution in [0.5, 0.6) is 17.4 Å². The lowest BCUT2D eigenvalue weighted by Crippen LogP contribution is -2.41. The molecule has 1 amide bonds. The van der Waals surface area contributed by atoms with E-state index < -0.39 is 0 Å². The maximum atomic E-state index is 12.9. The summed E-state index contributed by atoms with van der Waals surface area (Å²) in [7, 11) is 1.64. The van der Waals surface area contributed by atoms with Gasteiger partial charge in [0.25, 0.3) is 5.88 Å². The Hall–Kier alpha value is -3.61. The van der Waals surface area contributed by atoms with E-state index in [1.807, 2.05) is 62.4 Å². The number of hydrogen-bond donors (Lipinski definition) is 1. The van der Waals surface area contributed by atoms with Crippen molar-refractivity contribution in [3.8, 4) is 17.4 Å². The summed E-state index contributed by atoms with van der Waals surface area (Å²) in [4.78, 5) is 24.0. The van der Waals surface area contributed by atoms with Gasteiger partial charge >= 0.3 is 0 Å². The van der Waals surface area contributed by atoms with Crippen LogP contribution >= 0.6 is 0 Å². The Kier molecular flexibility index (Phi) is 7.07. The zero-order valence-corrected chi connectivity index (χ0v) is 19.3. The van der Waals surface area contributed by atoms with Crippen molar-refractivity contribution < 1.29 is 14.3 Å². The fourth-order valence-corrected chi connectivity index (χ4v) is 4.06. The molecule has 1 N–H and O–H groups in total. The molecule has 1 fully saturated rings. The number of benzene rings is 2. The Bertz CT molecular complexity index is 1080. The van der Waals surface area contributed by atoms with Gasteiger partial charge in [0, 0.05) is 31.4 Å². The predicted octanol–water partition coefficient (Wildman–Crippen LogP) is 4.68. The number of aromatic nitrogens is 2. The van der Waals surface area contributed by atoms with Crippen molar-refractivity contribution in [3.05, 3.63) is 72.1 Å². The van der Waals surface area contributed by atoms with Crippen LogP contribution in [-0.4, -0.2) is 36.1 Å². The molecule has 1 saturated heterocycles. The molecule has 4 rings (SSSR count). The maximum Gasteiger partial charge on any atom is 0.263 e. The van der Waals surface area contributed by atoms with Crippen molar-refractivity contribution >= 4 is 11.7 Å². The molecule has 3 aromatic rings. The molecule has 0 aliphatic carbocycles. The van der Waals surface area contributed by atoms with E-state index in [-0.39, 0.29) is 17.9 Å². The highest BCUT2D eigenvalue weighted by atomic mass is 16.5. The molecule has 172 valence electrons. The molecule has 0 spiro atoms. The number of carbonyl (C=O) groups is 1. The van der Waals surface area contributed by atoms with Crippen LogP contribution < -0.4 is 19.7 Å². The van der Waals surface area contributed by atoms with Gasteiger partial charge in [-0.15, -0.1) is 0 Å². The number of ether oxygens (including phenoxy) is 2. The first-order chi connectivity index (χ1) is 16.0. The van der Waals surface area contributed by atoms with Gasteiger partial charge in [0.1, 0.15) is 11.5 Å². The molecule has 1 atom stereocenters. The minimum absolute atomic E-state index is 0.0280. The Morgan fingerprint density at radius 3 is 2.48 bits per heavy atom. The highest BCUT2D eigenvalue weighted by Crippen LogP contribution is 2.31. The quantitative estimate of drug-likeness (QED) is 0.568. The summed E-state index contributed by atoms with van der Waals surface area (Å²) in [5.41, 5.74) is 2.17. The molecule has 1 aliphatic rings. The lowest BCUT2D eigenvalue weighted by molar-refractivity contribution is -0.126. The highest BCUT2D eigenvalue weighted by molar-refractivity contribution is 5.79. The molecule has 0 bridgehead atoms.